The Balaban J connectivity index is 1.90. The monoisotopic (exact) mass is 322 g/mol. The molecule has 1 aromatic heterocycles. The van der Waals surface area contributed by atoms with E-state index in [4.69, 9.17) is 9.73 Å². The predicted molar refractivity (Wildman–Crippen MR) is 91.3 cm³/mol. The van der Waals surface area contributed by atoms with Gasteiger partial charge >= 0.3 is 0 Å². The summed E-state index contributed by atoms with van der Waals surface area (Å²) in [7, 11) is 4.07. The first-order valence-corrected chi connectivity index (χ1v) is 8.53. The fourth-order valence-corrected chi connectivity index (χ4v) is 2.72. The standard InChI is InChI=1S/C16H30N6O/c1-5-17-16(18-12-15-20-19-13(2)22(15)4)21(3)9-6-14-7-10-23-11-8-14/h14H,5-12H2,1-4H3,(H,17,18). The number of aryl methyl sites for hydroxylation is 1. The van der Waals surface area contributed by atoms with E-state index in [9.17, 15) is 0 Å². The van der Waals surface area contributed by atoms with Gasteiger partial charge in [-0.1, -0.05) is 0 Å². The quantitative estimate of drug-likeness (QED) is 0.632. The Hall–Kier alpha value is -1.63. The van der Waals surface area contributed by atoms with E-state index in [0.29, 0.717) is 6.54 Å². The molecule has 0 saturated carbocycles. The van der Waals surface area contributed by atoms with Gasteiger partial charge in [0.2, 0.25) is 0 Å². The Bertz CT molecular complexity index is 507. The van der Waals surface area contributed by atoms with E-state index < -0.39 is 0 Å². The molecule has 1 aliphatic rings. The minimum atomic E-state index is 0.543. The summed E-state index contributed by atoms with van der Waals surface area (Å²) in [6.45, 7) is 8.27. The van der Waals surface area contributed by atoms with Crippen LogP contribution in [0.2, 0.25) is 0 Å². The van der Waals surface area contributed by atoms with Gasteiger partial charge in [-0.05, 0) is 39.0 Å². The normalized spacial score (nSPS) is 16.6. The van der Waals surface area contributed by atoms with Crippen molar-refractivity contribution in [1.82, 2.24) is 25.0 Å². The summed E-state index contributed by atoms with van der Waals surface area (Å²) in [5.74, 6) is 3.50. The SMILES string of the molecule is CCNC(=NCc1nnc(C)n1C)N(C)CCC1CCOCC1. The molecule has 7 heteroatoms. The molecule has 0 aliphatic carbocycles. The summed E-state index contributed by atoms with van der Waals surface area (Å²) in [4.78, 5) is 6.92. The van der Waals surface area contributed by atoms with Crippen LogP contribution >= 0.6 is 0 Å². The van der Waals surface area contributed by atoms with Crippen LogP contribution in [0.15, 0.2) is 4.99 Å². The van der Waals surface area contributed by atoms with Crippen LogP contribution in [0.4, 0.5) is 0 Å². The maximum atomic E-state index is 5.43. The highest BCUT2D eigenvalue weighted by Crippen LogP contribution is 2.18. The van der Waals surface area contributed by atoms with Crippen molar-refractivity contribution in [2.24, 2.45) is 18.0 Å². The Kier molecular flexibility index (Phi) is 6.83. The van der Waals surface area contributed by atoms with E-state index in [1.165, 1.54) is 19.3 Å². The van der Waals surface area contributed by atoms with Crippen LogP contribution in [0.5, 0.6) is 0 Å². The molecule has 2 rings (SSSR count). The highest BCUT2D eigenvalue weighted by molar-refractivity contribution is 5.79. The first-order chi connectivity index (χ1) is 11.1. The van der Waals surface area contributed by atoms with Gasteiger partial charge < -0.3 is 19.5 Å². The Morgan fingerprint density at radius 1 is 1.39 bits per heavy atom. The van der Waals surface area contributed by atoms with Gasteiger partial charge in [-0.3, -0.25) is 0 Å². The zero-order valence-electron chi connectivity index (χ0n) is 14.9. The van der Waals surface area contributed by atoms with Crippen molar-refractivity contribution >= 4 is 5.96 Å². The Labute approximate surface area is 139 Å². The number of rotatable bonds is 6. The van der Waals surface area contributed by atoms with Crippen LogP contribution < -0.4 is 5.32 Å². The highest BCUT2D eigenvalue weighted by Gasteiger charge is 2.15. The highest BCUT2D eigenvalue weighted by atomic mass is 16.5. The number of guanidine groups is 1. The zero-order valence-corrected chi connectivity index (χ0v) is 14.9. The maximum Gasteiger partial charge on any atom is 0.194 e. The Morgan fingerprint density at radius 2 is 2.13 bits per heavy atom. The van der Waals surface area contributed by atoms with Gasteiger partial charge in [0.15, 0.2) is 11.8 Å². The van der Waals surface area contributed by atoms with Crippen molar-refractivity contribution in [3.05, 3.63) is 11.6 Å². The first kappa shape index (κ1) is 17.7. The summed E-state index contributed by atoms with van der Waals surface area (Å²) in [5.41, 5.74) is 0. The average molecular weight is 322 g/mol. The third-order valence-corrected chi connectivity index (χ3v) is 4.46. The van der Waals surface area contributed by atoms with Gasteiger partial charge in [0.1, 0.15) is 12.4 Å². The molecule has 7 nitrogen and oxygen atoms in total. The molecule has 2 heterocycles. The van der Waals surface area contributed by atoms with Crippen LogP contribution in [0, 0.1) is 12.8 Å². The average Bonchev–Trinajstić information content (AvgIpc) is 2.89. The molecule has 1 aromatic rings. The summed E-state index contributed by atoms with van der Waals surface area (Å²) in [6.07, 6.45) is 3.55. The fraction of sp³-hybridized carbons (Fsp3) is 0.812. The second-order valence-corrected chi connectivity index (χ2v) is 6.16. The number of aliphatic imine (C=N–C) groups is 1. The van der Waals surface area contributed by atoms with Crippen LogP contribution in [0.25, 0.3) is 0 Å². The minimum absolute atomic E-state index is 0.543. The molecule has 0 unspecified atom stereocenters. The zero-order chi connectivity index (χ0) is 16.7. The van der Waals surface area contributed by atoms with E-state index in [1.807, 2.05) is 18.5 Å². The molecular weight excluding hydrogens is 292 g/mol. The van der Waals surface area contributed by atoms with Crippen molar-refractivity contribution in [3.8, 4) is 0 Å². The van der Waals surface area contributed by atoms with Crippen molar-refractivity contribution in [1.29, 1.82) is 0 Å². The van der Waals surface area contributed by atoms with Gasteiger partial charge in [-0.15, -0.1) is 10.2 Å². The largest absolute Gasteiger partial charge is 0.381 e. The Morgan fingerprint density at radius 3 is 2.74 bits per heavy atom. The van der Waals surface area contributed by atoms with Gasteiger partial charge in [-0.25, -0.2) is 4.99 Å². The molecule has 1 aliphatic heterocycles. The van der Waals surface area contributed by atoms with Gasteiger partial charge in [0.25, 0.3) is 0 Å². The molecular formula is C16H30N6O. The molecule has 0 spiro atoms. The van der Waals surface area contributed by atoms with E-state index in [-0.39, 0.29) is 0 Å². The van der Waals surface area contributed by atoms with Gasteiger partial charge in [0, 0.05) is 40.4 Å². The lowest BCUT2D eigenvalue weighted by Crippen LogP contribution is -2.40. The number of hydrogen-bond acceptors (Lipinski definition) is 4. The fourth-order valence-electron chi connectivity index (χ4n) is 2.72. The lowest BCUT2D eigenvalue weighted by Gasteiger charge is -2.26. The van der Waals surface area contributed by atoms with E-state index >= 15 is 0 Å². The number of nitrogens with zero attached hydrogens (tertiary/aromatic N) is 5. The summed E-state index contributed by atoms with van der Waals surface area (Å²) in [5, 5.41) is 11.6. The van der Waals surface area contributed by atoms with Crippen LogP contribution in [-0.2, 0) is 18.3 Å². The molecule has 0 bridgehead atoms. The van der Waals surface area contributed by atoms with Crippen molar-refractivity contribution in [3.63, 3.8) is 0 Å². The molecule has 0 atom stereocenters. The molecule has 0 aromatic carbocycles. The number of nitrogens with one attached hydrogen (secondary N) is 1. The van der Waals surface area contributed by atoms with E-state index in [1.54, 1.807) is 0 Å². The molecule has 130 valence electrons. The van der Waals surface area contributed by atoms with Crippen LogP contribution in [-0.4, -0.2) is 59.0 Å². The minimum Gasteiger partial charge on any atom is -0.381 e. The molecule has 1 fully saturated rings. The third-order valence-electron chi connectivity index (χ3n) is 4.46. The van der Waals surface area contributed by atoms with Crippen molar-refractivity contribution < 1.29 is 4.74 Å². The number of aromatic nitrogens is 3. The lowest BCUT2D eigenvalue weighted by atomic mass is 9.96. The predicted octanol–water partition coefficient (Wildman–Crippen LogP) is 1.34. The number of ether oxygens (including phenoxy) is 1. The second kappa shape index (κ2) is 8.86. The maximum absolute atomic E-state index is 5.43. The topological polar surface area (TPSA) is 67.6 Å². The smallest absolute Gasteiger partial charge is 0.194 e. The summed E-state index contributed by atoms with van der Waals surface area (Å²) < 4.78 is 7.41. The molecule has 0 amide bonds. The molecule has 1 N–H and O–H groups in total. The van der Waals surface area contributed by atoms with Gasteiger partial charge in [0.05, 0.1) is 0 Å². The van der Waals surface area contributed by atoms with E-state index in [2.05, 4.69) is 34.4 Å². The van der Waals surface area contributed by atoms with Crippen LogP contribution in [0.1, 0.15) is 37.8 Å². The molecule has 1 saturated heterocycles. The van der Waals surface area contributed by atoms with Gasteiger partial charge in [-0.2, -0.15) is 0 Å². The molecule has 0 radical (unpaired) electrons. The summed E-state index contributed by atoms with van der Waals surface area (Å²) in [6, 6.07) is 0. The third kappa shape index (κ3) is 5.20. The van der Waals surface area contributed by atoms with E-state index in [0.717, 1.165) is 49.8 Å². The lowest BCUT2D eigenvalue weighted by molar-refractivity contribution is 0.0625. The number of hydrogen-bond donors (Lipinski definition) is 1. The molecule has 23 heavy (non-hydrogen) atoms. The van der Waals surface area contributed by atoms with Crippen LogP contribution in [0.3, 0.4) is 0 Å². The summed E-state index contributed by atoms with van der Waals surface area (Å²) >= 11 is 0. The first-order valence-electron chi connectivity index (χ1n) is 8.53. The van der Waals surface area contributed by atoms with Crippen molar-refractivity contribution in [2.45, 2.75) is 39.7 Å². The second-order valence-electron chi connectivity index (χ2n) is 6.16. The van der Waals surface area contributed by atoms with Crippen molar-refractivity contribution in [2.75, 3.05) is 33.4 Å².